The molecular weight excluding hydrogens is 266 g/mol. The maximum absolute atomic E-state index is 12.9. The molecule has 1 aromatic carbocycles. The van der Waals surface area contributed by atoms with Crippen LogP contribution in [-0.4, -0.2) is 17.1 Å². The molecule has 6 heteroatoms. The molecule has 2 rings (SSSR count). The van der Waals surface area contributed by atoms with Crippen LogP contribution in [0.3, 0.4) is 0 Å². The number of pyridine rings is 1. The van der Waals surface area contributed by atoms with Gasteiger partial charge >= 0.3 is 0 Å². The first-order valence-electron chi connectivity index (χ1n) is 5.88. The summed E-state index contributed by atoms with van der Waals surface area (Å²) in [7, 11) is 0. The van der Waals surface area contributed by atoms with E-state index in [1.165, 1.54) is 41.2 Å². The molecule has 2 aromatic rings. The van der Waals surface area contributed by atoms with Crippen molar-refractivity contribution in [2.45, 2.75) is 6.54 Å². The Morgan fingerprint density at radius 2 is 1.85 bits per heavy atom. The average Bonchev–Trinajstić information content (AvgIpc) is 2.41. The van der Waals surface area contributed by atoms with Gasteiger partial charge in [-0.25, -0.2) is 8.78 Å². The molecule has 0 aliphatic rings. The summed E-state index contributed by atoms with van der Waals surface area (Å²) in [6.07, 6.45) is 2.64. The van der Waals surface area contributed by atoms with Crippen LogP contribution in [0, 0.1) is 5.82 Å². The number of aryl methyl sites for hydroxylation is 1. The van der Waals surface area contributed by atoms with Crippen molar-refractivity contribution in [1.29, 1.82) is 0 Å². The number of aromatic nitrogens is 1. The van der Waals surface area contributed by atoms with Crippen molar-refractivity contribution in [2.24, 2.45) is 5.73 Å². The van der Waals surface area contributed by atoms with Gasteiger partial charge in [-0.05, 0) is 17.7 Å². The number of hydrogen-bond acceptors (Lipinski definition) is 2. The first kappa shape index (κ1) is 13.9. The monoisotopic (exact) mass is 278 g/mol. The van der Waals surface area contributed by atoms with Crippen molar-refractivity contribution in [2.75, 3.05) is 6.67 Å². The highest BCUT2D eigenvalue weighted by Crippen LogP contribution is 2.16. The Bertz CT molecular complexity index is 693. The molecule has 20 heavy (non-hydrogen) atoms. The van der Waals surface area contributed by atoms with Gasteiger partial charge in [0.1, 0.15) is 18.1 Å². The lowest BCUT2D eigenvalue weighted by molar-refractivity contribution is 0.0998. The Hall–Kier alpha value is -2.50. The van der Waals surface area contributed by atoms with E-state index in [9.17, 15) is 18.4 Å². The molecule has 0 radical (unpaired) electrons. The van der Waals surface area contributed by atoms with Gasteiger partial charge in [0.15, 0.2) is 0 Å². The van der Waals surface area contributed by atoms with Gasteiger partial charge in [-0.2, -0.15) is 0 Å². The second-order valence-electron chi connectivity index (χ2n) is 4.21. The van der Waals surface area contributed by atoms with Crippen molar-refractivity contribution < 1.29 is 13.6 Å². The molecule has 1 amide bonds. The minimum atomic E-state index is -0.883. The predicted molar refractivity (Wildman–Crippen MR) is 70.6 cm³/mol. The van der Waals surface area contributed by atoms with Crippen LogP contribution >= 0.6 is 0 Å². The summed E-state index contributed by atoms with van der Waals surface area (Å²) in [6, 6.07) is 5.23. The maximum Gasteiger partial charge on any atom is 0.254 e. The quantitative estimate of drug-likeness (QED) is 0.925. The van der Waals surface area contributed by atoms with Crippen LogP contribution in [0.1, 0.15) is 10.4 Å². The van der Waals surface area contributed by atoms with Crippen molar-refractivity contribution in [3.05, 3.63) is 58.3 Å². The lowest BCUT2D eigenvalue weighted by atomic mass is 10.0. The Labute approximate surface area is 113 Å². The SMILES string of the molecule is NC(=O)c1cn(CCF)cc(-c2ccc(F)cc2)c1=O. The molecule has 1 heterocycles. The van der Waals surface area contributed by atoms with Gasteiger partial charge in [-0.1, -0.05) is 12.1 Å². The van der Waals surface area contributed by atoms with Crippen LogP contribution in [0.15, 0.2) is 41.5 Å². The molecule has 2 N–H and O–H groups in total. The second kappa shape index (κ2) is 5.64. The van der Waals surface area contributed by atoms with Gasteiger partial charge in [0.25, 0.3) is 5.91 Å². The number of benzene rings is 1. The first-order chi connectivity index (χ1) is 9.52. The molecule has 0 bridgehead atoms. The number of halogens is 2. The average molecular weight is 278 g/mol. The molecule has 0 saturated heterocycles. The summed E-state index contributed by atoms with van der Waals surface area (Å²) in [5, 5.41) is 0. The molecule has 0 saturated carbocycles. The van der Waals surface area contributed by atoms with Crippen LogP contribution in [0.2, 0.25) is 0 Å². The third kappa shape index (κ3) is 2.74. The van der Waals surface area contributed by atoms with Crippen LogP contribution in [0.5, 0.6) is 0 Å². The lowest BCUT2D eigenvalue weighted by Gasteiger charge is -2.09. The number of rotatable bonds is 4. The molecule has 0 fully saturated rings. The minimum absolute atomic E-state index is 0.00520. The number of alkyl halides is 1. The van der Waals surface area contributed by atoms with E-state index >= 15 is 0 Å². The topological polar surface area (TPSA) is 65.1 Å². The summed E-state index contributed by atoms with van der Waals surface area (Å²) in [4.78, 5) is 23.4. The van der Waals surface area contributed by atoms with Crippen molar-refractivity contribution in [3.8, 4) is 11.1 Å². The fraction of sp³-hybridized carbons (Fsp3) is 0.143. The molecule has 0 aliphatic carbocycles. The van der Waals surface area contributed by atoms with Crippen molar-refractivity contribution in [3.63, 3.8) is 0 Å². The number of carbonyl (C=O) groups is 1. The fourth-order valence-corrected chi connectivity index (χ4v) is 1.87. The summed E-state index contributed by atoms with van der Waals surface area (Å²) in [6.45, 7) is -0.654. The van der Waals surface area contributed by atoms with E-state index in [0.29, 0.717) is 5.56 Å². The van der Waals surface area contributed by atoms with Gasteiger partial charge in [0.05, 0.1) is 6.54 Å². The zero-order chi connectivity index (χ0) is 14.7. The van der Waals surface area contributed by atoms with Crippen LogP contribution in [0.4, 0.5) is 8.78 Å². The van der Waals surface area contributed by atoms with Crippen molar-refractivity contribution >= 4 is 5.91 Å². The van der Waals surface area contributed by atoms with Crippen molar-refractivity contribution in [1.82, 2.24) is 4.57 Å². The zero-order valence-electron chi connectivity index (χ0n) is 10.5. The highest BCUT2D eigenvalue weighted by molar-refractivity contribution is 5.93. The Morgan fingerprint density at radius 3 is 2.40 bits per heavy atom. The number of amides is 1. The Kier molecular flexibility index (Phi) is 3.93. The smallest absolute Gasteiger partial charge is 0.254 e. The molecule has 0 spiro atoms. The third-order valence-corrected chi connectivity index (χ3v) is 2.84. The van der Waals surface area contributed by atoms with E-state index in [0.717, 1.165) is 0 Å². The number of nitrogens with zero attached hydrogens (tertiary/aromatic N) is 1. The molecular formula is C14H12F2N2O2. The van der Waals surface area contributed by atoms with Gasteiger partial charge < -0.3 is 10.3 Å². The first-order valence-corrected chi connectivity index (χ1v) is 5.88. The number of nitrogens with two attached hydrogens (primary N) is 1. The summed E-state index contributed by atoms with van der Waals surface area (Å²) in [5.41, 5.74) is 4.98. The second-order valence-corrected chi connectivity index (χ2v) is 4.21. The molecule has 0 aliphatic heterocycles. The minimum Gasteiger partial charge on any atom is -0.365 e. The lowest BCUT2D eigenvalue weighted by Crippen LogP contribution is -2.25. The number of primary amides is 1. The predicted octanol–water partition coefficient (Wildman–Crippen LogP) is 1.72. The highest BCUT2D eigenvalue weighted by Gasteiger charge is 2.13. The summed E-state index contributed by atoms with van der Waals surface area (Å²) >= 11 is 0. The maximum atomic E-state index is 12.9. The van der Waals surface area contributed by atoms with E-state index in [1.54, 1.807) is 0 Å². The molecule has 0 atom stereocenters. The van der Waals surface area contributed by atoms with Gasteiger partial charge in [-0.15, -0.1) is 0 Å². The van der Waals surface area contributed by atoms with Gasteiger partial charge in [0.2, 0.25) is 5.43 Å². The van der Waals surface area contributed by atoms with Crippen LogP contribution in [0.25, 0.3) is 11.1 Å². The zero-order valence-corrected chi connectivity index (χ0v) is 10.5. The normalized spacial score (nSPS) is 10.5. The summed E-state index contributed by atoms with van der Waals surface area (Å²) in [5.74, 6) is -1.32. The number of carbonyl (C=O) groups excluding carboxylic acids is 1. The number of hydrogen-bond donors (Lipinski definition) is 1. The Morgan fingerprint density at radius 1 is 1.20 bits per heavy atom. The molecule has 104 valence electrons. The molecule has 0 unspecified atom stereocenters. The largest absolute Gasteiger partial charge is 0.365 e. The van der Waals surface area contributed by atoms with E-state index in [1.807, 2.05) is 0 Å². The van der Waals surface area contributed by atoms with E-state index < -0.39 is 23.8 Å². The van der Waals surface area contributed by atoms with Gasteiger partial charge in [-0.3, -0.25) is 9.59 Å². The van der Waals surface area contributed by atoms with E-state index in [-0.39, 0.29) is 17.7 Å². The summed E-state index contributed by atoms with van der Waals surface area (Å²) < 4.78 is 26.7. The standard InChI is InChI=1S/C14H12F2N2O2/c15-5-6-18-7-11(9-1-3-10(16)4-2-9)13(19)12(8-18)14(17)20/h1-4,7-8H,5-6H2,(H2,17,20). The third-order valence-electron chi connectivity index (χ3n) is 2.84. The Balaban J connectivity index is 2.64. The fourth-order valence-electron chi connectivity index (χ4n) is 1.87. The molecule has 4 nitrogen and oxygen atoms in total. The van der Waals surface area contributed by atoms with E-state index in [2.05, 4.69) is 0 Å². The van der Waals surface area contributed by atoms with Crippen LogP contribution in [-0.2, 0) is 6.54 Å². The van der Waals surface area contributed by atoms with Crippen LogP contribution < -0.4 is 11.2 Å². The van der Waals surface area contributed by atoms with E-state index in [4.69, 9.17) is 5.73 Å². The highest BCUT2D eigenvalue weighted by atomic mass is 19.1. The van der Waals surface area contributed by atoms with Gasteiger partial charge in [0, 0.05) is 18.0 Å². The molecule has 1 aromatic heterocycles.